The maximum Gasteiger partial charge on any atom is 0.198 e. The van der Waals surface area contributed by atoms with Crippen LogP contribution in [0.25, 0.3) is 5.70 Å². The molecule has 0 atom stereocenters. The van der Waals surface area contributed by atoms with E-state index in [4.69, 9.17) is 0 Å². The van der Waals surface area contributed by atoms with Crippen LogP contribution in [0.15, 0.2) is 71.2 Å². The van der Waals surface area contributed by atoms with E-state index < -0.39 is 9.84 Å². The Bertz CT molecular complexity index is 867. The topological polar surface area (TPSA) is 49.4 Å². The number of sulfone groups is 1. The van der Waals surface area contributed by atoms with Crippen LogP contribution in [-0.4, -0.2) is 20.4 Å². The molecule has 0 radical (unpaired) electrons. The van der Waals surface area contributed by atoms with Gasteiger partial charge in [0.05, 0.1) is 16.5 Å². The van der Waals surface area contributed by atoms with E-state index >= 15 is 0 Å². The first-order chi connectivity index (χ1) is 10.9. The van der Waals surface area contributed by atoms with E-state index in [1.807, 2.05) is 73.5 Å². The molecule has 0 saturated carbocycles. The summed E-state index contributed by atoms with van der Waals surface area (Å²) in [4.78, 5) is 1.84. The molecule has 1 N–H and O–H groups in total. The number of nitrogens with one attached hydrogen (secondary N) is 1. The van der Waals surface area contributed by atoms with Gasteiger partial charge in [-0.1, -0.05) is 48.0 Å². The molecule has 0 spiro atoms. The summed E-state index contributed by atoms with van der Waals surface area (Å²) < 4.78 is 24.4. The van der Waals surface area contributed by atoms with Gasteiger partial charge < -0.3 is 10.2 Å². The number of aryl methyl sites for hydroxylation is 1. The highest BCUT2D eigenvalue weighted by Crippen LogP contribution is 2.28. The molecule has 0 fully saturated rings. The van der Waals surface area contributed by atoms with Crippen LogP contribution in [0.1, 0.15) is 11.1 Å². The second-order valence-corrected chi connectivity index (χ2v) is 7.16. The molecule has 0 bridgehead atoms. The highest BCUT2D eigenvalue weighted by Gasteiger charge is 2.22. The lowest BCUT2D eigenvalue weighted by atomic mass is 10.1. The molecule has 3 rings (SSSR count). The summed E-state index contributed by atoms with van der Waals surface area (Å²) in [6.07, 6.45) is 0. The molecule has 0 amide bonds. The minimum atomic E-state index is -3.42. The predicted molar refractivity (Wildman–Crippen MR) is 94.0 cm³/mol. The lowest BCUT2D eigenvalue weighted by Gasteiger charge is -2.29. The number of anilines is 1. The van der Waals surface area contributed by atoms with Gasteiger partial charge in [-0.15, -0.1) is 0 Å². The van der Waals surface area contributed by atoms with Crippen molar-refractivity contribution >= 4 is 21.2 Å². The van der Waals surface area contributed by atoms with Gasteiger partial charge >= 0.3 is 0 Å². The Morgan fingerprint density at radius 1 is 0.913 bits per heavy atom. The van der Waals surface area contributed by atoms with Gasteiger partial charge in [-0.2, -0.15) is 0 Å². The summed E-state index contributed by atoms with van der Waals surface area (Å²) >= 11 is 0. The normalized spacial score (nSPS) is 16.5. The summed E-state index contributed by atoms with van der Waals surface area (Å²) in [5.74, 6) is 0.523. The minimum Gasteiger partial charge on any atom is -0.341 e. The average Bonchev–Trinajstić information content (AvgIpc) is 2.53. The van der Waals surface area contributed by atoms with Gasteiger partial charge in [-0.25, -0.2) is 8.42 Å². The van der Waals surface area contributed by atoms with Gasteiger partial charge in [0.2, 0.25) is 0 Å². The maximum absolute atomic E-state index is 12.2. The Labute approximate surface area is 136 Å². The minimum absolute atomic E-state index is 0.523. The Kier molecular flexibility index (Phi) is 3.96. The Balaban J connectivity index is 1.95. The first-order valence-corrected chi connectivity index (χ1v) is 8.87. The fourth-order valence-electron chi connectivity index (χ4n) is 2.40. The number of hydrogen-bond donors (Lipinski definition) is 1. The highest BCUT2D eigenvalue weighted by atomic mass is 32.2. The van der Waals surface area contributed by atoms with Gasteiger partial charge in [0, 0.05) is 12.7 Å². The zero-order valence-electron chi connectivity index (χ0n) is 13.0. The van der Waals surface area contributed by atoms with E-state index in [-0.39, 0.29) is 0 Å². The maximum atomic E-state index is 12.2. The van der Waals surface area contributed by atoms with Crippen molar-refractivity contribution in [3.63, 3.8) is 0 Å². The van der Waals surface area contributed by atoms with Gasteiger partial charge in [0.15, 0.2) is 9.84 Å². The summed E-state index contributed by atoms with van der Waals surface area (Å²) in [5.41, 5.74) is 3.50. The standard InChI is InChI=1S/C18H18N2O2S/c1-14-8-10-16(11-9-14)19-18-13-23(21,22)12-17(20(18)2)15-6-4-3-5-7-15/h3-13,19H,1-2H3. The van der Waals surface area contributed by atoms with E-state index in [1.165, 1.54) is 10.8 Å². The number of benzene rings is 2. The van der Waals surface area contributed by atoms with E-state index in [0.29, 0.717) is 11.5 Å². The second-order valence-electron chi connectivity index (χ2n) is 5.51. The molecule has 5 heteroatoms. The number of rotatable bonds is 3. The monoisotopic (exact) mass is 326 g/mol. The van der Waals surface area contributed by atoms with E-state index in [1.54, 1.807) is 0 Å². The highest BCUT2D eigenvalue weighted by molar-refractivity contribution is 7.97. The summed E-state index contributed by atoms with van der Waals surface area (Å²) in [5, 5.41) is 5.72. The number of nitrogens with zero attached hydrogens (tertiary/aromatic N) is 1. The van der Waals surface area contributed by atoms with Gasteiger partial charge in [-0.05, 0) is 24.6 Å². The van der Waals surface area contributed by atoms with Crippen molar-refractivity contribution < 1.29 is 8.42 Å². The molecule has 0 aromatic heterocycles. The van der Waals surface area contributed by atoms with Crippen molar-refractivity contribution in [2.24, 2.45) is 0 Å². The first kappa shape index (κ1) is 15.4. The molecular weight excluding hydrogens is 308 g/mol. The molecule has 2 aromatic rings. The van der Waals surface area contributed by atoms with Gasteiger partial charge in [0.1, 0.15) is 5.82 Å². The smallest absolute Gasteiger partial charge is 0.198 e. The fourth-order valence-corrected chi connectivity index (χ4v) is 3.60. The Morgan fingerprint density at radius 2 is 1.57 bits per heavy atom. The molecule has 1 aliphatic rings. The van der Waals surface area contributed by atoms with Crippen LogP contribution in [0.2, 0.25) is 0 Å². The van der Waals surface area contributed by atoms with Crippen molar-refractivity contribution in [1.82, 2.24) is 4.90 Å². The molecule has 1 heterocycles. The van der Waals surface area contributed by atoms with Gasteiger partial charge in [-0.3, -0.25) is 0 Å². The van der Waals surface area contributed by atoms with Crippen LogP contribution in [0.4, 0.5) is 5.69 Å². The summed E-state index contributed by atoms with van der Waals surface area (Å²) in [7, 11) is -1.57. The Hall–Kier alpha value is -2.53. The molecule has 4 nitrogen and oxygen atoms in total. The zero-order chi connectivity index (χ0) is 16.4. The predicted octanol–water partition coefficient (Wildman–Crippen LogP) is 3.56. The largest absolute Gasteiger partial charge is 0.341 e. The van der Waals surface area contributed by atoms with Crippen LogP contribution in [0, 0.1) is 6.92 Å². The first-order valence-electron chi connectivity index (χ1n) is 7.26. The third-order valence-corrected chi connectivity index (χ3v) is 4.77. The molecule has 0 unspecified atom stereocenters. The summed E-state index contributed by atoms with van der Waals surface area (Å²) in [6, 6.07) is 17.3. The lowest BCUT2D eigenvalue weighted by Crippen LogP contribution is -2.26. The molecule has 2 aromatic carbocycles. The average molecular weight is 326 g/mol. The van der Waals surface area contributed by atoms with Crippen molar-refractivity contribution in [3.05, 3.63) is 82.4 Å². The van der Waals surface area contributed by atoms with Crippen LogP contribution < -0.4 is 5.32 Å². The SMILES string of the molecule is Cc1ccc(NC2=CS(=O)(=O)C=C(c3ccccc3)N2C)cc1. The van der Waals surface area contributed by atoms with E-state index in [0.717, 1.165) is 16.8 Å². The van der Waals surface area contributed by atoms with Crippen LogP contribution >= 0.6 is 0 Å². The molecule has 1 aliphatic heterocycles. The van der Waals surface area contributed by atoms with Crippen LogP contribution in [0.5, 0.6) is 0 Å². The number of hydrogen-bond acceptors (Lipinski definition) is 4. The van der Waals surface area contributed by atoms with Crippen LogP contribution in [-0.2, 0) is 9.84 Å². The summed E-state index contributed by atoms with van der Waals surface area (Å²) in [6.45, 7) is 2.01. The third-order valence-electron chi connectivity index (χ3n) is 3.67. The Morgan fingerprint density at radius 3 is 2.22 bits per heavy atom. The van der Waals surface area contributed by atoms with Crippen molar-refractivity contribution in [3.8, 4) is 0 Å². The van der Waals surface area contributed by atoms with Crippen molar-refractivity contribution in [2.45, 2.75) is 6.92 Å². The molecule has 0 saturated heterocycles. The zero-order valence-corrected chi connectivity index (χ0v) is 13.8. The second kappa shape index (κ2) is 5.93. The quantitative estimate of drug-likeness (QED) is 0.937. The molecule has 0 aliphatic carbocycles. The van der Waals surface area contributed by atoms with Crippen molar-refractivity contribution in [2.75, 3.05) is 12.4 Å². The van der Waals surface area contributed by atoms with Gasteiger partial charge in [0.25, 0.3) is 0 Å². The lowest BCUT2D eigenvalue weighted by molar-refractivity contribution is 0.584. The fraction of sp³-hybridized carbons (Fsp3) is 0.111. The van der Waals surface area contributed by atoms with Crippen molar-refractivity contribution in [1.29, 1.82) is 0 Å². The van der Waals surface area contributed by atoms with E-state index in [2.05, 4.69) is 5.32 Å². The van der Waals surface area contributed by atoms with E-state index in [9.17, 15) is 8.42 Å². The third kappa shape index (κ3) is 3.46. The molecular formula is C18H18N2O2S. The molecule has 23 heavy (non-hydrogen) atoms. The van der Waals surface area contributed by atoms with Crippen LogP contribution in [0.3, 0.4) is 0 Å². The molecule has 118 valence electrons.